The Balaban J connectivity index is 2.55. The number of hydrogen-bond donors (Lipinski definition) is 1. The van der Waals surface area contributed by atoms with Crippen LogP contribution in [-0.2, 0) is 11.3 Å². The third kappa shape index (κ3) is 5.02. The summed E-state index contributed by atoms with van der Waals surface area (Å²) < 4.78 is 5.16. The predicted molar refractivity (Wildman–Crippen MR) is 75.8 cm³/mol. The Morgan fingerprint density at radius 3 is 2.89 bits per heavy atom. The van der Waals surface area contributed by atoms with E-state index in [4.69, 9.17) is 4.74 Å². The van der Waals surface area contributed by atoms with Crippen LogP contribution in [0.25, 0.3) is 0 Å². The van der Waals surface area contributed by atoms with Gasteiger partial charge in [-0.05, 0) is 32.5 Å². The van der Waals surface area contributed by atoms with Crippen molar-refractivity contribution in [1.82, 2.24) is 9.88 Å². The zero-order valence-electron chi connectivity index (χ0n) is 11.9. The van der Waals surface area contributed by atoms with Gasteiger partial charge in [-0.1, -0.05) is 13.0 Å². The van der Waals surface area contributed by atoms with Crippen molar-refractivity contribution < 1.29 is 4.74 Å². The predicted octanol–water partition coefficient (Wildman–Crippen LogP) is 2.37. The van der Waals surface area contributed by atoms with E-state index in [1.807, 2.05) is 6.07 Å². The van der Waals surface area contributed by atoms with Crippen molar-refractivity contribution in [2.45, 2.75) is 32.9 Å². The largest absolute Gasteiger partial charge is 0.383 e. The molecule has 1 aromatic rings. The molecule has 0 saturated heterocycles. The normalized spacial score (nSPS) is 12.7. The van der Waals surface area contributed by atoms with E-state index < -0.39 is 0 Å². The van der Waals surface area contributed by atoms with Crippen LogP contribution in [-0.4, -0.2) is 43.2 Å². The van der Waals surface area contributed by atoms with Gasteiger partial charge in [-0.2, -0.15) is 0 Å². The lowest BCUT2D eigenvalue weighted by atomic mass is 10.2. The van der Waals surface area contributed by atoms with Crippen LogP contribution >= 0.6 is 0 Å². The highest BCUT2D eigenvalue weighted by molar-refractivity contribution is 5.35. The van der Waals surface area contributed by atoms with Crippen LogP contribution in [0.3, 0.4) is 0 Å². The molecule has 0 amide bonds. The molecule has 1 unspecified atom stereocenters. The summed E-state index contributed by atoms with van der Waals surface area (Å²) in [7, 11) is 3.83. The van der Waals surface area contributed by atoms with Crippen molar-refractivity contribution in [2.75, 3.05) is 32.6 Å². The van der Waals surface area contributed by atoms with Gasteiger partial charge in [0.1, 0.15) is 5.82 Å². The zero-order chi connectivity index (χ0) is 13.4. The number of aromatic nitrogens is 1. The molecule has 0 radical (unpaired) electrons. The van der Waals surface area contributed by atoms with Crippen LogP contribution in [0.5, 0.6) is 0 Å². The summed E-state index contributed by atoms with van der Waals surface area (Å²) in [6.45, 7) is 6.85. The van der Waals surface area contributed by atoms with Crippen molar-refractivity contribution in [3.05, 3.63) is 23.9 Å². The number of ether oxygens (including phenoxy) is 1. The molecule has 102 valence electrons. The Morgan fingerprint density at radius 1 is 1.44 bits per heavy atom. The van der Waals surface area contributed by atoms with Crippen molar-refractivity contribution in [2.24, 2.45) is 0 Å². The molecule has 0 aliphatic rings. The Hall–Kier alpha value is -1.13. The number of methoxy groups -OCH3 is 1. The van der Waals surface area contributed by atoms with E-state index in [2.05, 4.69) is 48.2 Å². The number of nitrogens with zero attached hydrogens (tertiary/aromatic N) is 2. The zero-order valence-corrected chi connectivity index (χ0v) is 11.9. The molecule has 18 heavy (non-hydrogen) atoms. The summed E-state index contributed by atoms with van der Waals surface area (Å²) in [5.41, 5.74) is 1.08. The first-order valence-corrected chi connectivity index (χ1v) is 6.56. The topological polar surface area (TPSA) is 37.4 Å². The Bertz CT molecular complexity index is 344. The summed E-state index contributed by atoms with van der Waals surface area (Å²) in [5, 5.41) is 3.31. The standard InChI is InChI=1S/C14H25N3O/c1-5-9-15-14-8-6-7-13(16-14)10-17(3)12(2)11-18-4/h6-8,12H,5,9-11H2,1-4H3,(H,15,16). The molecular weight excluding hydrogens is 226 g/mol. The van der Waals surface area contributed by atoms with E-state index in [9.17, 15) is 0 Å². The quantitative estimate of drug-likeness (QED) is 0.769. The van der Waals surface area contributed by atoms with Crippen molar-refractivity contribution in [3.8, 4) is 0 Å². The second-order valence-corrected chi connectivity index (χ2v) is 4.66. The van der Waals surface area contributed by atoms with Crippen LogP contribution < -0.4 is 5.32 Å². The minimum Gasteiger partial charge on any atom is -0.383 e. The molecule has 0 aromatic carbocycles. The number of pyridine rings is 1. The average Bonchev–Trinajstić information content (AvgIpc) is 2.37. The van der Waals surface area contributed by atoms with Crippen LogP contribution in [0.15, 0.2) is 18.2 Å². The highest BCUT2D eigenvalue weighted by Crippen LogP contribution is 2.08. The number of likely N-dealkylation sites (N-methyl/N-ethyl adjacent to an activating group) is 1. The maximum Gasteiger partial charge on any atom is 0.126 e. The molecule has 1 N–H and O–H groups in total. The van der Waals surface area contributed by atoms with Crippen LogP contribution in [0.1, 0.15) is 26.0 Å². The van der Waals surface area contributed by atoms with E-state index in [0.717, 1.165) is 37.6 Å². The number of hydrogen-bond acceptors (Lipinski definition) is 4. The molecule has 0 bridgehead atoms. The maximum atomic E-state index is 5.16. The maximum absolute atomic E-state index is 5.16. The van der Waals surface area contributed by atoms with Gasteiger partial charge in [0.15, 0.2) is 0 Å². The molecule has 1 atom stereocenters. The lowest BCUT2D eigenvalue weighted by Gasteiger charge is -2.23. The van der Waals surface area contributed by atoms with E-state index in [-0.39, 0.29) is 0 Å². The van der Waals surface area contributed by atoms with Crippen molar-refractivity contribution >= 4 is 5.82 Å². The van der Waals surface area contributed by atoms with Gasteiger partial charge in [0.2, 0.25) is 0 Å². The van der Waals surface area contributed by atoms with Gasteiger partial charge in [-0.25, -0.2) is 4.98 Å². The van der Waals surface area contributed by atoms with E-state index in [1.54, 1.807) is 7.11 Å². The minimum atomic E-state index is 0.393. The molecule has 0 saturated carbocycles. The molecule has 1 aromatic heterocycles. The van der Waals surface area contributed by atoms with Gasteiger partial charge in [0.05, 0.1) is 12.3 Å². The number of nitrogens with one attached hydrogen (secondary N) is 1. The molecule has 0 aliphatic carbocycles. The summed E-state index contributed by atoms with van der Waals surface area (Å²) in [6, 6.07) is 6.52. The highest BCUT2D eigenvalue weighted by atomic mass is 16.5. The second kappa shape index (κ2) is 8.06. The number of rotatable bonds is 8. The van der Waals surface area contributed by atoms with Crippen molar-refractivity contribution in [3.63, 3.8) is 0 Å². The molecule has 1 rings (SSSR count). The fourth-order valence-electron chi connectivity index (χ4n) is 1.70. The van der Waals surface area contributed by atoms with Crippen molar-refractivity contribution in [1.29, 1.82) is 0 Å². The van der Waals surface area contributed by atoms with Crippen LogP contribution in [0.2, 0.25) is 0 Å². The fourth-order valence-corrected chi connectivity index (χ4v) is 1.70. The van der Waals surface area contributed by atoms with Crippen LogP contribution in [0, 0.1) is 0 Å². The Kier molecular flexibility index (Phi) is 6.68. The third-order valence-electron chi connectivity index (χ3n) is 2.93. The first-order chi connectivity index (χ1) is 8.67. The molecule has 4 heteroatoms. The first-order valence-electron chi connectivity index (χ1n) is 6.56. The van der Waals surface area contributed by atoms with E-state index in [0.29, 0.717) is 6.04 Å². The summed E-state index contributed by atoms with van der Waals surface area (Å²) in [4.78, 5) is 6.84. The van der Waals surface area contributed by atoms with E-state index in [1.165, 1.54) is 0 Å². The summed E-state index contributed by atoms with van der Waals surface area (Å²) in [6.07, 6.45) is 1.11. The van der Waals surface area contributed by atoms with Gasteiger partial charge < -0.3 is 10.1 Å². The van der Waals surface area contributed by atoms with E-state index >= 15 is 0 Å². The Morgan fingerprint density at radius 2 is 2.22 bits per heavy atom. The Labute approximate surface area is 110 Å². The second-order valence-electron chi connectivity index (χ2n) is 4.66. The molecule has 1 heterocycles. The van der Waals surface area contributed by atoms with Crippen LogP contribution in [0.4, 0.5) is 5.82 Å². The fraction of sp³-hybridized carbons (Fsp3) is 0.643. The van der Waals surface area contributed by atoms with Gasteiger partial charge in [-0.15, -0.1) is 0 Å². The highest BCUT2D eigenvalue weighted by Gasteiger charge is 2.10. The molecule has 0 fully saturated rings. The van der Waals surface area contributed by atoms with Gasteiger partial charge >= 0.3 is 0 Å². The molecule has 4 nitrogen and oxygen atoms in total. The van der Waals surface area contributed by atoms with Gasteiger partial charge in [0, 0.05) is 26.2 Å². The third-order valence-corrected chi connectivity index (χ3v) is 2.93. The lowest BCUT2D eigenvalue weighted by Crippen LogP contribution is -2.32. The van der Waals surface area contributed by atoms with Gasteiger partial charge in [0.25, 0.3) is 0 Å². The first kappa shape index (κ1) is 14.9. The lowest BCUT2D eigenvalue weighted by molar-refractivity contribution is 0.111. The van der Waals surface area contributed by atoms with Gasteiger partial charge in [-0.3, -0.25) is 4.90 Å². The molecule has 0 spiro atoms. The SMILES string of the molecule is CCCNc1cccc(CN(C)C(C)COC)n1. The monoisotopic (exact) mass is 251 g/mol. The summed E-state index contributed by atoms with van der Waals surface area (Å²) >= 11 is 0. The molecule has 0 aliphatic heterocycles. The number of anilines is 1. The minimum absolute atomic E-state index is 0.393. The summed E-state index contributed by atoms with van der Waals surface area (Å²) in [5.74, 6) is 0.960. The molecular formula is C14H25N3O. The smallest absolute Gasteiger partial charge is 0.126 e. The average molecular weight is 251 g/mol.